The fourth-order valence-corrected chi connectivity index (χ4v) is 2.31. The van der Waals surface area contributed by atoms with E-state index >= 15 is 0 Å². The number of anilines is 1. The molecule has 5 heteroatoms. The third-order valence-corrected chi connectivity index (χ3v) is 3.57. The minimum atomic E-state index is -0.00743. The molecule has 0 aliphatic rings. The second-order valence-electron chi connectivity index (χ2n) is 5.69. The van der Waals surface area contributed by atoms with Gasteiger partial charge in [0.05, 0.1) is 0 Å². The quantitative estimate of drug-likeness (QED) is 0.795. The normalized spacial score (nSPS) is 9.96. The van der Waals surface area contributed by atoms with Crippen LogP contribution in [0.4, 0.5) is 5.69 Å². The van der Waals surface area contributed by atoms with Gasteiger partial charge in [0.1, 0.15) is 12.4 Å². The average molecular weight is 349 g/mol. The molecule has 0 radical (unpaired) electrons. The van der Waals surface area contributed by atoms with Crippen LogP contribution in [0.15, 0.2) is 42.5 Å². The fourth-order valence-electron chi connectivity index (χ4n) is 2.31. The average Bonchev–Trinajstić information content (AvgIpc) is 2.53. The Balaban J connectivity index is 0.00000288. The highest BCUT2D eigenvalue weighted by atomic mass is 35.5. The Morgan fingerprint density at radius 3 is 2.62 bits per heavy atom. The van der Waals surface area contributed by atoms with Crippen LogP contribution in [0, 0.1) is 13.8 Å². The van der Waals surface area contributed by atoms with E-state index in [0.29, 0.717) is 26.0 Å². The van der Waals surface area contributed by atoms with Gasteiger partial charge in [0.15, 0.2) is 0 Å². The van der Waals surface area contributed by atoms with Crippen LogP contribution in [-0.4, -0.2) is 12.5 Å². The van der Waals surface area contributed by atoms with E-state index in [1.165, 1.54) is 5.56 Å². The number of nitrogens with two attached hydrogens (primary N) is 1. The van der Waals surface area contributed by atoms with Crippen LogP contribution in [0.5, 0.6) is 5.75 Å². The monoisotopic (exact) mass is 348 g/mol. The van der Waals surface area contributed by atoms with E-state index in [1.54, 1.807) is 0 Å². The maximum Gasteiger partial charge on any atom is 0.224 e. The molecule has 0 aliphatic carbocycles. The minimum absolute atomic E-state index is 0. The van der Waals surface area contributed by atoms with Crippen molar-refractivity contribution in [1.82, 2.24) is 0 Å². The van der Waals surface area contributed by atoms with Crippen molar-refractivity contribution in [3.63, 3.8) is 0 Å². The molecule has 0 unspecified atom stereocenters. The molecule has 0 bridgehead atoms. The fraction of sp³-hybridized carbons (Fsp3) is 0.316. The number of carbonyl (C=O) groups excluding carboxylic acids is 1. The molecule has 24 heavy (non-hydrogen) atoms. The molecule has 0 saturated heterocycles. The zero-order valence-electron chi connectivity index (χ0n) is 14.2. The molecule has 2 aromatic carbocycles. The van der Waals surface area contributed by atoms with Crippen LogP contribution in [0.25, 0.3) is 0 Å². The Bertz CT molecular complexity index is 674. The standard InChI is InChI=1S/C19H24N2O2.ClH/c1-14-5-3-6-16(11-14)13-23-17-8-9-18(15(2)12-17)21-19(22)7-4-10-20;/h3,5-6,8-9,11-12H,4,7,10,13,20H2,1-2H3,(H,21,22);1H. The Hall–Kier alpha value is -2.04. The summed E-state index contributed by atoms with van der Waals surface area (Å²) in [6.07, 6.45) is 1.14. The molecular formula is C19H25ClN2O2. The molecule has 4 nitrogen and oxygen atoms in total. The van der Waals surface area contributed by atoms with Crippen molar-refractivity contribution in [3.05, 3.63) is 59.2 Å². The largest absolute Gasteiger partial charge is 0.489 e. The predicted molar refractivity (Wildman–Crippen MR) is 101 cm³/mol. The lowest BCUT2D eigenvalue weighted by molar-refractivity contribution is -0.116. The van der Waals surface area contributed by atoms with E-state index < -0.39 is 0 Å². The van der Waals surface area contributed by atoms with Gasteiger partial charge in [-0.05, 0) is 56.1 Å². The predicted octanol–water partition coefficient (Wildman–Crippen LogP) is 3.98. The first-order valence-corrected chi connectivity index (χ1v) is 7.87. The third-order valence-electron chi connectivity index (χ3n) is 3.57. The van der Waals surface area contributed by atoms with Crippen LogP contribution in [0.2, 0.25) is 0 Å². The molecule has 0 atom stereocenters. The Labute approximate surface area is 149 Å². The lowest BCUT2D eigenvalue weighted by Gasteiger charge is -2.11. The topological polar surface area (TPSA) is 64.3 Å². The number of aryl methyl sites for hydroxylation is 2. The Kier molecular flexibility index (Phi) is 8.30. The molecule has 130 valence electrons. The number of rotatable bonds is 7. The number of carbonyl (C=O) groups is 1. The van der Waals surface area contributed by atoms with Crippen molar-refractivity contribution in [2.75, 3.05) is 11.9 Å². The highest BCUT2D eigenvalue weighted by Crippen LogP contribution is 2.22. The number of nitrogens with one attached hydrogen (secondary N) is 1. The maximum absolute atomic E-state index is 11.8. The summed E-state index contributed by atoms with van der Waals surface area (Å²) in [6.45, 7) is 5.08. The molecule has 2 rings (SSSR count). The maximum atomic E-state index is 11.8. The molecule has 2 aromatic rings. The van der Waals surface area contributed by atoms with E-state index in [9.17, 15) is 4.79 Å². The van der Waals surface area contributed by atoms with Crippen molar-refractivity contribution < 1.29 is 9.53 Å². The lowest BCUT2D eigenvalue weighted by atomic mass is 10.1. The van der Waals surface area contributed by atoms with Crippen molar-refractivity contribution in [3.8, 4) is 5.75 Å². The Morgan fingerprint density at radius 2 is 1.96 bits per heavy atom. The number of benzene rings is 2. The molecule has 0 aliphatic heterocycles. The van der Waals surface area contributed by atoms with Gasteiger partial charge in [0.25, 0.3) is 0 Å². The van der Waals surface area contributed by atoms with Gasteiger partial charge < -0.3 is 15.8 Å². The summed E-state index contributed by atoms with van der Waals surface area (Å²) in [5.41, 5.74) is 9.57. The zero-order valence-corrected chi connectivity index (χ0v) is 15.0. The SMILES string of the molecule is Cc1cccc(COc2ccc(NC(=O)CCCN)c(C)c2)c1.Cl. The van der Waals surface area contributed by atoms with Gasteiger partial charge in [-0.3, -0.25) is 4.79 Å². The second kappa shape index (κ2) is 9.96. The molecule has 0 aromatic heterocycles. The lowest BCUT2D eigenvalue weighted by Crippen LogP contribution is -2.14. The highest BCUT2D eigenvalue weighted by molar-refractivity contribution is 5.91. The van der Waals surface area contributed by atoms with Crippen LogP contribution in [0.1, 0.15) is 29.5 Å². The number of amides is 1. The molecule has 1 amide bonds. The van der Waals surface area contributed by atoms with Crippen molar-refractivity contribution in [2.45, 2.75) is 33.3 Å². The van der Waals surface area contributed by atoms with E-state index in [4.69, 9.17) is 10.5 Å². The van der Waals surface area contributed by atoms with Crippen molar-refractivity contribution in [1.29, 1.82) is 0 Å². The molecule has 0 fully saturated rings. The first kappa shape index (κ1) is 20.0. The first-order valence-electron chi connectivity index (χ1n) is 7.87. The summed E-state index contributed by atoms with van der Waals surface area (Å²) in [5.74, 6) is 0.788. The molecule has 3 N–H and O–H groups in total. The number of hydrogen-bond acceptors (Lipinski definition) is 3. The zero-order chi connectivity index (χ0) is 16.7. The summed E-state index contributed by atoms with van der Waals surface area (Å²) in [4.78, 5) is 11.8. The van der Waals surface area contributed by atoms with E-state index in [2.05, 4.69) is 24.4 Å². The molecule has 0 saturated carbocycles. The van der Waals surface area contributed by atoms with E-state index in [-0.39, 0.29) is 18.3 Å². The van der Waals surface area contributed by atoms with Crippen LogP contribution >= 0.6 is 12.4 Å². The molecule has 0 spiro atoms. The summed E-state index contributed by atoms with van der Waals surface area (Å²) in [7, 11) is 0. The van der Waals surface area contributed by atoms with Crippen molar-refractivity contribution >= 4 is 24.0 Å². The Morgan fingerprint density at radius 1 is 1.17 bits per heavy atom. The van der Waals surface area contributed by atoms with E-state index in [1.807, 2.05) is 37.3 Å². The van der Waals surface area contributed by atoms with Gasteiger partial charge in [-0.15, -0.1) is 12.4 Å². The number of halogens is 1. The van der Waals surface area contributed by atoms with Gasteiger partial charge in [0, 0.05) is 12.1 Å². The highest BCUT2D eigenvalue weighted by Gasteiger charge is 2.06. The minimum Gasteiger partial charge on any atom is -0.489 e. The van der Waals surface area contributed by atoms with Gasteiger partial charge in [-0.2, -0.15) is 0 Å². The van der Waals surface area contributed by atoms with Gasteiger partial charge in [-0.1, -0.05) is 29.8 Å². The summed E-state index contributed by atoms with van der Waals surface area (Å²) >= 11 is 0. The van der Waals surface area contributed by atoms with Crippen molar-refractivity contribution in [2.24, 2.45) is 5.73 Å². The van der Waals surface area contributed by atoms with Crippen LogP contribution < -0.4 is 15.8 Å². The summed E-state index contributed by atoms with van der Waals surface area (Å²) in [5, 5.41) is 2.90. The summed E-state index contributed by atoms with van der Waals surface area (Å²) in [6, 6.07) is 13.9. The second-order valence-corrected chi connectivity index (χ2v) is 5.69. The molecule has 0 heterocycles. The van der Waals surface area contributed by atoms with E-state index in [0.717, 1.165) is 22.6 Å². The van der Waals surface area contributed by atoms with Gasteiger partial charge >= 0.3 is 0 Å². The number of ether oxygens (including phenoxy) is 1. The van der Waals surface area contributed by atoms with Crippen LogP contribution in [-0.2, 0) is 11.4 Å². The number of hydrogen-bond donors (Lipinski definition) is 2. The molecular weight excluding hydrogens is 324 g/mol. The van der Waals surface area contributed by atoms with Gasteiger partial charge in [-0.25, -0.2) is 0 Å². The summed E-state index contributed by atoms with van der Waals surface area (Å²) < 4.78 is 5.82. The first-order chi connectivity index (χ1) is 11.1. The smallest absolute Gasteiger partial charge is 0.224 e. The van der Waals surface area contributed by atoms with Gasteiger partial charge in [0.2, 0.25) is 5.91 Å². The third kappa shape index (κ3) is 6.22. The van der Waals surface area contributed by atoms with Crippen LogP contribution in [0.3, 0.4) is 0 Å².